The van der Waals surface area contributed by atoms with Crippen molar-refractivity contribution in [3.05, 3.63) is 94.0 Å². The molecule has 0 aliphatic carbocycles. The lowest BCUT2D eigenvalue weighted by Crippen LogP contribution is -2.61. The number of carbonyl (C=O) groups excluding carboxylic acids is 1. The number of nitrogens with zero attached hydrogens (tertiary/aromatic N) is 4. The van der Waals surface area contributed by atoms with E-state index in [1.54, 1.807) is 30.5 Å². The molecule has 5 rings (SSSR count). The van der Waals surface area contributed by atoms with Gasteiger partial charge in [-0.15, -0.1) is 0 Å². The first-order chi connectivity index (χ1) is 17.0. The third kappa shape index (κ3) is 4.66. The summed E-state index contributed by atoms with van der Waals surface area (Å²) >= 11 is 0. The van der Waals surface area contributed by atoms with Crippen molar-refractivity contribution in [2.75, 3.05) is 36.0 Å². The molecule has 1 N–H and O–H groups in total. The molecule has 2 aliphatic rings. The molecule has 1 aromatic heterocycles. The number of carbonyl (C=O) groups is 1. The fraction of sp³-hybridized carbons (Fsp3) is 0.308. The molecule has 2 atom stereocenters. The normalized spacial score (nSPS) is 19.0. The van der Waals surface area contributed by atoms with Crippen LogP contribution in [-0.2, 0) is 17.6 Å². The lowest BCUT2D eigenvalue weighted by atomic mass is 9.83. The zero-order chi connectivity index (χ0) is 24.4. The van der Waals surface area contributed by atoms with Crippen molar-refractivity contribution in [1.29, 1.82) is 0 Å². The van der Waals surface area contributed by atoms with Crippen LogP contribution in [-0.4, -0.2) is 48.0 Å². The number of nitro benzene ring substituents is 1. The molecule has 0 unspecified atom stereocenters. The van der Waals surface area contributed by atoms with Crippen LogP contribution in [0.25, 0.3) is 0 Å². The van der Waals surface area contributed by atoms with Gasteiger partial charge < -0.3 is 15.1 Å². The first-order valence-corrected chi connectivity index (χ1v) is 11.7. The van der Waals surface area contributed by atoms with E-state index < -0.39 is 10.8 Å². The molecule has 35 heavy (non-hydrogen) atoms. The van der Waals surface area contributed by atoms with E-state index in [-0.39, 0.29) is 23.5 Å². The summed E-state index contributed by atoms with van der Waals surface area (Å²) in [5.41, 5.74) is 3.13. The van der Waals surface area contributed by atoms with Crippen LogP contribution < -0.4 is 15.1 Å². The van der Waals surface area contributed by atoms with Crippen molar-refractivity contribution in [1.82, 2.24) is 10.3 Å². The van der Waals surface area contributed by atoms with Crippen LogP contribution in [0.5, 0.6) is 0 Å². The van der Waals surface area contributed by atoms with Crippen LogP contribution in [0.3, 0.4) is 0 Å². The summed E-state index contributed by atoms with van der Waals surface area (Å²) < 4.78 is 14.5. The second-order valence-electron chi connectivity index (χ2n) is 8.90. The van der Waals surface area contributed by atoms with Crippen LogP contribution in [0, 0.1) is 21.8 Å². The van der Waals surface area contributed by atoms with Gasteiger partial charge >= 0.3 is 0 Å². The molecule has 0 saturated carbocycles. The van der Waals surface area contributed by atoms with Crippen LogP contribution in [0.15, 0.2) is 66.9 Å². The molecule has 8 nitrogen and oxygen atoms in total. The van der Waals surface area contributed by atoms with Gasteiger partial charge in [-0.2, -0.15) is 0 Å². The third-order valence-corrected chi connectivity index (χ3v) is 6.84. The molecule has 3 heterocycles. The van der Waals surface area contributed by atoms with Crippen molar-refractivity contribution < 1.29 is 14.1 Å². The third-order valence-electron chi connectivity index (χ3n) is 6.84. The Bertz CT molecular complexity index is 1240. The van der Waals surface area contributed by atoms with Crippen LogP contribution in [0.1, 0.15) is 11.3 Å². The number of non-ortho nitro benzene ring substituents is 1. The topological polar surface area (TPSA) is 91.6 Å². The Morgan fingerprint density at radius 2 is 1.94 bits per heavy atom. The molecule has 9 heteroatoms. The zero-order valence-corrected chi connectivity index (χ0v) is 19.1. The van der Waals surface area contributed by atoms with Crippen LogP contribution >= 0.6 is 0 Å². The van der Waals surface area contributed by atoms with Gasteiger partial charge in [-0.1, -0.05) is 18.2 Å². The number of hydrogen-bond donors (Lipinski definition) is 1. The van der Waals surface area contributed by atoms with Crippen molar-refractivity contribution in [2.45, 2.75) is 18.9 Å². The minimum atomic E-state index is -0.428. The number of anilines is 2. The summed E-state index contributed by atoms with van der Waals surface area (Å²) in [5.74, 6) is -0.824. The van der Waals surface area contributed by atoms with Gasteiger partial charge in [-0.3, -0.25) is 19.9 Å². The minimum Gasteiger partial charge on any atom is -0.365 e. The van der Waals surface area contributed by atoms with E-state index in [1.807, 2.05) is 29.2 Å². The van der Waals surface area contributed by atoms with Gasteiger partial charge in [-0.25, -0.2) is 4.39 Å². The number of fused-ring (bicyclic) bond motifs is 3. The van der Waals surface area contributed by atoms with Gasteiger partial charge in [0.15, 0.2) is 0 Å². The maximum atomic E-state index is 14.5. The van der Waals surface area contributed by atoms with E-state index in [4.69, 9.17) is 0 Å². The summed E-state index contributed by atoms with van der Waals surface area (Å²) in [4.78, 5) is 32.8. The Kier molecular flexibility index (Phi) is 6.31. The van der Waals surface area contributed by atoms with Crippen molar-refractivity contribution in [2.24, 2.45) is 5.92 Å². The lowest BCUT2D eigenvalue weighted by molar-refractivity contribution is -0.384. The zero-order valence-electron chi connectivity index (χ0n) is 19.1. The van der Waals surface area contributed by atoms with Gasteiger partial charge in [0.25, 0.3) is 5.69 Å². The van der Waals surface area contributed by atoms with E-state index in [1.165, 1.54) is 12.1 Å². The molecule has 1 amide bonds. The highest BCUT2D eigenvalue weighted by molar-refractivity contribution is 5.82. The van der Waals surface area contributed by atoms with Crippen molar-refractivity contribution in [3.8, 4) is 0 Å². The maximum absolute atomic E-state index is 14.5. The highest BCUT2D eigenvalue weighted by Gasteiger charge is 2.42. The second-order valence-corrected chi connectivity index (χ2v) is 8.90. The molecule has 1 saturated heterocycles. The Morgan fingerprint density at radius 1 is 1.11 bits per heavy atom. The number of nitro groups is 1. The Labute approximate surface area is 202 Å². The van der Waals surface area contributed by atoms with E-state index in [2.05, 4.69) is 15.2 Å². The molecule has 180 valence electrons. The van der Waals surface area contributed by atoms with E-state index in [9.17, 15) is 19.3 Å². The molecular weight excluding hydrogens is 449 g/mol. The molecular formula is C26H26FN5O3. The van der Waals surface area contributed by atoms with E-state index >= 15 is 0 Å². The lowest BCUT2D eigenvalue weighted by Gasteiger charge is -2.49. The molecule has 0 bridgehead atoms. The Balaban J connectivity index is 1.40. The minimum absolute atomic E-state index is 0.0153. The van der Waals surface area contributed by atoms with E-state index in [0.717, 1.165) is 16.9 Å². The number of amides is 1. The molecule has 0 spiro atoms. The number of halogens is 1. The van der Waals surface area contributed by atoms with Crippen molar-refractivity contribution >= 4 is 23.0 Å². The first kappa shape index (κ1) is 22.8. The number of hydrogen-bond acceptors (Lipinski definition) is 6. The van der Waals surface area contributed by atoms with Gasteiger partial charge in [0.05, 0.1) is 22.6 Å². The summed E-state index contributed by atoms with van der Waals surface area (Å²) in [6.07, 6.45) is 2.72. The Morgan fingerprint density at radius 3 is 2.71 bits per heavy atom. The fourth-order valence-corrected chi connectivity index (χ4v) is 5.14. The molecule has 2 aliphatic heterocycles. The SMILES string of the molecule is O=C(NCCc1ccccn1)[C@@H]1Cc2cc([N+](=O)[O-])ccc2N2CCN(c3ccccc3F)C[C@@H]12. The predicted octanol–water partition coefficient (Wildman–Crippen LogP) is 3.36. The maximum Gasteiger partial charge on any atom is 0.269 e. The number of aromatic nitrogens is 1. The highest BCUT2D eigenvalue weighted by Crippen LogP contribution is 2.38. The number of pyridine rings is 1. The Hall–Kier alpha value is -4.01. The summed E-state index contributed by atoms with van der Waals surface area (Å²) in [6.45, 7) is 2.09. The van der Waals surface area contributed by atoms with Gasteiger partial charge in [0.1, 0.15) is 5.82 Å². The summed E-state index contributed by atoms with van der Waals surface area (Å²) in [6, 6.07) is 17.0. The second kappa shape index (κ2) is 9.69. The number of para-hydroxylation sites is 1. The smallest absolute Gasteiger partial charge is 0.269 e. The molecule has 2 aromatic carbocycles. The predicted molar refractivity (Wildman–Crippen MR) is 131 cm³/mol. The molecule has 1 fully saturated rings. The largest absolute Gasteiger partial charge is 0.365 e. The first-order valence-electron chi connectivity index (χ1n) is 11.7. The monoisotopic (exact) mass is 475 g/mol. The fourth-order valence-electron chi connectivity index (χ4n) is 5.14. The molecule has 0 radical (unpaired) electrons. The average Bonchev–Trinajstić information content (AvgIpc) is 2.88. The quantitative estimate of drug-likeness (QED) is 0.434. The van der Waals surface area contributed by atoms with Gasteiger partial charge in [0, 0.05) is 62.3 Å². The van der Waals surface area contributed by atoms with Crippen LogP contribution in [0.4, 0.5) is 21.5 Å². The number of benzene rings is 2. The van der Waals surface area contributed by atoms with Crippen molar-refractivity contribution in [3.63, 3.8) is 0 Å². The number of piperazine rings is 1. The average molecular weight is 476 g/mol. The summed E-state index contributed by atoms with van der Waals surface area (Å²) in [7, 11) is 0. The van der Waals surface area contributed by atoms with Gasteiger partial charge in [0.2, 0.25) is 5.91 Å². The van der Waals surface area contributed by atoms with Crippen LogP contribution in [0.2, 0.25) is 0 Å². The standard InChI is InChI=1S/C26H26FN5O3/c27-22-6-1-2-7-24(22)30-13-14-31-23-9-8-20(32(34)35)15-18(23)16-21(25(31)17-30)26(33)29-12-10-19-5-3-4-11-28-19/h1-9,11,15,21,25H,10,12-14,16-17H2,(H,29,33)/t21-,25+/m1/s1. The number of rotatable bonds is 6. The van der Waals surface area contributed by atoms with Gasteiger partial charge in [-0.05, 0) is 42.3 Å². The number of nitrogens with one attached hydrogen (secondary N) is 1. The summed E-state index contributed by atoms with van der Waals surface area (Å²) in [5, 5.41) is 14.4. The highest BCUT2D eigenvalue weighted by atomic mass is 19.1. The van der Waals surface area contributed by atoms with E-state index in [0.29, 0.717) is 44.7 Å². The molecule has 3 aromatic rings.